The van der Waals surface area contributed by atoms with Gasteiger partial charge < -0.3 is 14.7 Å². The van der Waals surface area contributed by atoms with Crippen molar-refractivity contribution in [2.24, 2.45) is 0 Å². The van der Waals surface area contributed by atoms with Gasteiger partial charge in [-0.05, 0) is 41.2 Å². The van der Waals surface area contributed by atoms with E-state index in [2.05, 4.69) is 10.2 Å². The number of hydrogen-bond acceptors (Lipinski definition) is 4. The Morgan fingerprint density at radius 2 is 2.00 bits per heavy atom. The molecule has 0 aliphatic heterocycles. The summed E-state index contributed by atoms with van der Waals surface area (Å²) in [6.07, 6.45) is 0.556. The lowest BCUT2D eigenvalue weighted by molar-refractivity contribution is -0.145. The van der Waals surface area contributed by atoms with Crippen molar-refractivity contribution >= 4 is 5.97 Å². The second-order valence-electron chi connectivity index (χ2n) is 5.46. The monoisotopic (exact) mass is 260 g/mol. The van der Waals surface area contributed by atoms with E-state index < -0.39 is 11.5 Å². The van der Waals surface area contributed by atoms with Crippen LogP contribution >= 0.6 is 0 Å². The Hall–Kier alpha value is -0.650. The van der Waals surface area contributed by atoms with Crippen molar-refractivity contribution in [3.05, 3.63) is 0 Å². The van der Waals surface area contributed by atoms with Crippen LogP contribution < -0.4 is 5.32 Å². The van der Waals surface area contributed by atoms with Gasteiger partial charge in [0.1, 0.15) is 5.54 Å². The molecule has 0 radical (unpaired) electrons. The molecule has 0 saturated heterocycles. The van der Waals surface area contributed by atoms with E-state index in [9.17, 15) is 9.90 Å². The number of carbonyl (C=O) groups is 1. The van der Waals surface area contributed by atoms with Crippen LogP contribution in [0.1, 0.15) is 34.1 Å². The highest BCUT2D eigenvalue weighted by molar-refractivity contribution is 5.78. The number of methoxy groups -OCH3 is 1. The third-order valence-corrected chi connectivity index (χ3v) is 3.18. The molecule has 0 bridgehead atoms. The van der Waals surface area contributed by atoms with Crippen molar-refractivity contribution in [3.63, 3.8) is 0 Å². The minimum absolute atomic E-state index is 0.141. The third-order valence-electron chi connectivity index (χ3n) is 3.18. The minimum atomic E-state index is -0.894. The van der Waals surface area contributed by atoms with Gasteiger partial charge in [-0.15, -0.1) is 0 Å². The van der Waals surface area contributed by atoms with Crippen molar-refractivity contribution in [2.45, 2.75) is 51.7 Å². The topological polar surface area (TPSA) is 61.8 Å². The highest BCUT2D eigenvalue weighted by atomic mass is 16.5. The number of nitrogens with one attached hydrogen (secondary N) is 1. The van der Waals surface area contributed by atoms with E-state index in [1.165, 1.54) is 0 Å². The van der Waals surface area contributed by atoms with Crippen LogP contribution in [0.3, 0.4) is 0 Å². The predicted octanol–water partition coefficient (Wildman–Crippen LogP) is 1.18. The Morgan fingerprint density at radius 1 is 1.44 bits per heavy atom. The van der Waals surface area contributed by atoms with Crippen molar-refractivity contribution in [2.75, 3.05) is 27.3 Å². The maximum atomic E-state index is 11.4. The summed E-state index contributed by atoms with van der Waals surface area (Å²) in [6, 6.07) is 0.315. The molecule has 0 rings (SSSR count). The molecule has 0 spiro atoms. The van der Waals surface area contributed by atoms with Gasteiger partial charge in [0.05, 0.1) is 6.61 Å². The smallest absolute Gasteiger partial charge is 0.323 e. The Labute approximate surface area is 110 Å². The van der Waals surface area contributed by atoms with Crippen molar-refractivity contribution in [3.8, 4) is 0 Å². The molecule has 108 valence electrons. The van der Waals surface area contributed by atoms with Gasteiger partial charge in [-0.25, -0.2) is 0 Å². The summed E-state index contributed by atoms with van der Waals surface area (Å²) in [7, 11) is 3.65. The van der Waals surface area contributed by atoms with E-state index in [1.54, 1.807) is 14.0 Å². The van der Waals surface area contributed by atoms with Gasteiger partial charge in [-0.3, -0.25) is 10.1 Å². The molecule has 0 amide bonds. The maximum absolute atomic E-state index is 11.4. The van der Waals surface area contributed by atoms with Gasteiger partial charge in [0.25, 0.3) is 0 Å². The molecule has 18 heavy (non-hydrogen) atoms. The van der Waals surface area contributed by atoms with E-state index >= 15 is 0 Å². The first kappa shape index (κ1) is 17.4. The fourth-order valence-corrected chi connectivity index (χ4v) is 2.05. The molecule has 0 heterocycles. The number of carboxylic acid groups (broad SMARTS) is 1. The molecule has 0 aromatic carbocycles. The lowest BCUT2D eigenvalue weighted by atomic mass is 9.92. The summed E-state index contributed by atoms with van der Waals surface area (Å²) in [5.74, 6) is -0.803. The summed E-state index contributed by atoms with van der Waals surface area (Å²) < 4.78 is 5.03. The number of nitrogens with zero attached hydrogens (tertiary/aromatic N) is 1. The number of ether oxygens (including phenoxy) is 1. The van der Waals surface area contributed by atoms with Crippen LogP contribution in [0.2, 0.25) is 0 Å². The molecular weight excluding hydrogens is 232 g/mol. The summed E-state index contributed by atoms with van der Waals surface area (Å²) in [6.45, 7) is 9.16. The molecule has 2 unspecified atom stereocenters. The summed E-state index contributed by atoms with van der Waals surface area (Å²) in [4.78, 5) is 13.5. The summed E-state index contributed by atoms with van der Waals surface area (Å²) in [5, 5.41) is 12.5. The van der Waals surface area contributed by atoms with E-state index in [1.807, 2.05) is 27.8 Å². The van der Waals surface area contributed by atoms with E-state index in [-0.39, 0.29) is 12.1 Å². The van der Waals surface area contributed by atoms with Crippen LogP contribution in [0.15, 0.2) is 0 Å². The molecule has 0 aliphatic rings. The first-order chi connectivity index (χ1) is 8.23. The zero-order valence-corrected chi connectivity index (χ0v) is 12.5. The zero-order chi connectivity index (χ0) is 14.3. The van der Waals surface area contributed by atoms with Gasteiger partial charge in [0, 0.05) is 25.7 Å². The van der Waals surface area contributed by atoms with Gasteiger partial charge >= 0.3 is 5.97 Å². The van der Waals surface area contributed by atoms with Crippen molar-refractivity contribution < 1.29 is 14.6 Å². The second-order valence-corrected chi connectivity index (χ2v) is 5.46. The van der Waals surface area contributed by atoms with Crippen LogP contribution in [0, 0.1) is 0 Å². The standard InChI is InChI=1S/C13H28N2O3/c1-10(2)14-13(4,12(16)17)9-11(3)15(5)7-8-18-6/h10-11,14H,7-9H2,1-6H3,(H,16,17). The molecule has 2 atom stereocenters. The highest BCUT2D eigenvalue weighted by Crippen LogP contribution is 2.17. The van der Waals surface area contributed by atoms with Crippen LogP contribution in [-0.2, 0) is 9.53 Å². The molecular formula is C13H28N2O3. The molecule has 0 aromatic heterocycles. The normalized spacial score (nSPS) is 16.9. The number of hydrogen-bond donors (Lipinski definition) is 2. The van der Waals surface area contributed by atoms with Crippen LogP contribution in [0.25, 0.3) is 0 Å². The molecule has 0 aliphatic carbocycles. The molecule has 5 nitrogen and oxygen atoms in total. The molecule has 2 N–H and O–H groups in total. The van der Waals surface area contributed by atoms with E-state index in [0.717, 1.165) is 6.54 Å². The van der Waals surface area contributed by atoms with Crippen molar-refractivity contribution in [1.29, 1.82) is 0 Å². The van der Waals surface area contributed by atoms with Crippen LogP contribution in [0.5, 0.6) is 0 Å². The number of likely N-dealkylation sites (N-methyl/N-ethyl adjacent to an activating group) is 1. The number of carboxylic acids is 1. The van der Waals surface area contributed by atoms with Gasteiger partial charge in [0.15, 0.2) is 0 Å². The molecule has 0 fully saturated rings. The lowest BCUT2D eigenvalue weighted by Crippen LogP contribution is -2.55. The van der Waals surface area contributed by atoms with Gasteiger partial charge in [-0.2, -0.15) is 0 Å². The number of rotatable bonds is 9. The minimum Gasteiger partial charge on any atom is -0.480 e. The first-order valence-electron chi connectivity index (χ1n) is 6.43. The number of aliphatic carboxylic acids is 1. The fourth-order valence-electron chi connectivity index (χ4n) is 2.05. The Balaban J connectivity index is 4.53. The highest BCUT2D eigenvalue weighted by Gasteiger charge is 2.35. The fraction of sp³-hybridized carbons (Fsp3) is 0.923. The molecule has 0 aromatic rings. The molecule has 5 heteroatoms. The lowest BCUT2D eigenvalue weighted by Gasteiger charge is -2.34. The SMILES string of the molecule is COCCN(C)C(C)CC(C)(NC(C)C)C(=O)O. The Kier molecular flexibility index (Phi) is 7.43. The van der Waals surface area contributed by atoms with Crippen LogP contribution in [0.4, 0.5) is 0 Å². The van der Waals surface area contributed by atoms with Gasteiger partial charge in [0.2, 0.25) is 0 Å². The second kappa shape index (κ2) is 7.71. The van der Waals surface area contributed by atoms with E-state index in [0.29, 0.717) is 13.0 Å². The largest absolute Gasteiger partial charge is 0.480 e. The predicted molar refractivity (Wildman–Crippen MR) is 72.9 cm³/mol. The third kappa shape index (κ3) is 5.80. The Bertz CT molecular complexity index is 259. The van der Waals surface area contributed by atoms with Gasteiger partial charge in [-0.1, -0.05) is 0 Å². The van der Waals surface area contributed by atoms with Crippen LogP contribution in [-0.4, -0.2) is 60.9 Å². The zero-order valence-electron chi connectivity index (χ0n) is 12.5. The summed E-state index contributed by atoms with van der Waals surface area (Å²) in [5.41, 5.74) is -0.894. The van der Waals surface area contributed by atoms with Crippen molar-refractivity contribution in [1.82, 2.24) is 10.2 Å². The maximum Gasteiger partial charge on any atom is 0.323 e. The average molecular weight is 260 g/mol. The first-order valence-corrected chi connectivity index (χ1v) is 6.43. The average Bonchev–Trinajstić information content (AvgIpc) is 2.24. The molecule has 0 saturated carbocycles. The summed E-state index contributed by atoms with van der Waals surface area (Å²) >= 11 is 0. The quantitative estimate of drug-likeness (QED) is 0.652. The Morgan fingerprint density at radius 3 is 2.39 bits per heavy atom. The van der Waals surface area contributed by atoms with E-state index in [4.69, 9.17) is 4.74 Å².